The van der Waals surface area contributed by atoms with Gasteiger partial charge in [0.05, 0.1) is 17.6 Å². The van der Waals surface area contributed by atoms with Gasteiger partial charge in [-0.15, -0.1) is 0 Å². The summed E-state index contributed by atoms with van der Waals surface area (Å²) in [5.41, 5.74) is 2.16. The Morgan fingerprint density at radius 2 is 1.93 bits per heavy atom. The first-order valence-electron chi connectivity index (χ1n) is 9.90. The van der Waals surface area contributed by atoms with Crippen molar-refractivity contribution >= 4 is 28.5 Å². The minimum atomic E-state index is -0.140. The summed E-state index contributed by atoms with van der Waals surface area (Å²) < 4.78 is 8.06. The van der Waals surface area contributed by atoms with E-state index in [0.29, 0.717) is 18.2 Å². The third kappa shape index (κ3) is 6.09. The topological polar surface area (TPSA) is 56.2 Å². The van der Waals surface area contributed by atoms with Gasteiger partial charge in [0, 0.05) is 24.5 Å². The number of unbranched alkanes of at least 4 members (excludes halogenated alkanes) is 1. The molecule has 3 aromatic rings. The molecule has 0 bridgehead atoms. The van der Waals surface area contributed by atoms with E-state index in [4.69, 9.17) is 21.3 Å². The van der Waals surface area contributed by atoms with Crippen LogP contribution in [0.4, 0.5) is 0 Å². The van der Waals surface area contributed by atoms with Crippen molar-refractivity contribution in [1.29, 1.82) is 0 Å². The van der Waals surface area contributed by atoms with Gasteiger partial charge in [-0.25, -0.2) is 4.98 Å². The van der Waals surface area contributed by atoms with Crippen LogP contribution in [0.15, 0.2) is 61.2 Å². The summed E-state index contributed by atoms with van der Waals surface area (Å²) in [5.74, 6) is 1.75. The summed E-state index contributed by atoms with van der Waals surface area (Å²) in [7, 11) is 0. The predicted molar refractivity (Wildman–Crippen MR) is 117 cm³/mol. The molecular formula is C23H26ClN3O2. The number of hydrogen-bond acceptors (Lipinski definition) is 3. The Hall–Kier alpha value is -2.79. The number of nitrogens with zero attached hydrogens (tertiary/aromatic N) is 2. The molecule has 1 aromatic heterocycles. The van der Waals surface area contributed by atoms with E-state index in [1.165, 1.54) is 6.08 Å². The van der Waals surface area contributed by atoms with Gasteiger partial charge in [-0.1, -0.05) is 30.3 Å². The second kappa shape index (κ2) is 10.7. The van der Waals surface area contributed by atoms with Gasteiger partial charge in [-0.3, -0.25) is 4.79 Å². The summed E-state index contributed by atoms with van der Waals surface area (Å²) in [5, 5.41) is 3.53. The summed E-state index contributed by atoms with van der Waals surface area (Å²) in [4.78, 5) is 16.1. The van der Waals surface area contributed by atoms with Crippen molar-refractivity contribution < 1.29 is 9.53 Å². The van der Waals surface area contributed by atoms with Crippen LogP contribution in [0.25, 0.3) is 11.0 Å². The number of rotatable bonds is 11. The minimum Gasteiger partial charge on any atom is -0.494 e. The molecule has 0 aliphatic heterocycles. The van der Waals surface area contributed by atoms with Crippen LogP contribution in [0, 0.1) is 0 Å². The fourth-order valence-corrected chi connectivity index (χ4v) is 3.31. The number of aromatic nitrogens is 2. The van der Waals surface area contributed by atoms with Gasteiger partial charge in [0.1, 0.15) is 11.6 Å². The molecular weight excluding hydrogens is 386 g/mol. The van der Waals surface area contributed by atoms with Gasteiger partial charge in [0.25, 0.3) is 0 Å². The zero-order chi connectivity index (χ0) is 20.5. The lowest BCUT2D eigenvalue weighted by molar-refractivity contribution is -0.116. The lowest BCUT2D eigenvalue weighted by Gasteiger charge is -2.10. The van der Waals surface area contributed by atoms with E-state index >= 15 is 0 Å². The number of carbonyl (C=O) groups is 1. The Morgan fingerprint density at radius 3 is 2.72 bits per heavy atom. The largest absolute Gasteiger partial charge is 0.494 e. The molecule has 29 heavy (non-hydrogen) atoms. The number of nitrogens with one attached hydrogen (secondary N) is 1. The summed E-state index contributed by atoms with van der Waals surface area (Å²) >= 11 is 5.89. The molecule has 3 rings (SSSR count). The van der Waals surface area contributed by atoms with Crippen molar-refractivity contribution in [3.63, 3.8) is 0 Å². The van der Waals surface area contributed by atoms with Crippen molar-refractivity contribution in [2.45, 2.75) is 32.2 Å². The van der Waals surface area contributed by atoms with Crippen molar-refractivity contribution in [1.82, 2.24) is 14.9 Å². The first-order valence-corrected chi connectivity index (χ1v) is 10.3. The number of imidazole rings is 1. The molecule has 5 nitrogen and oxygen atoms in total. The second-order valence-electron chi connectivity index (χ2n) is 6.78. The second-order valence-corrected chi connectivity index (χ2v) is 7.21. The molecule has 0 saturated heterocycles. The lowest BCUT2D eigenvalue weighted by atomic mass is 10.2. The van der Waals surface area contributed by atoms with E-state index in [0.717, 1.165) is 54.8 Å². The third-order valence-electron chi connectivity index (χ3n) is 4.65. The lowest BCUT2D eigenvalue weighted by Crippen LogP contribution is -2.22. The molecule has 0 atom stereocenters. The van der Waals surface area contributed by atoms with Crippen molar-refractivity contribution in [3.8, 4) is 5.75 Å². The minimum absolute atomic E-state index is 0.140. The average molecular weight is 412 g/mol. The van der Waals surface area contributed by atoms with Gasteiger partial charge in [-0.2, -0.15) is 0 Å². The number of aryl methyl sites for hydroxylation is 2. The van der Waals surface area contributed by atoms with Gasteiger partial charge < -0.3 is 14.6 Å². The molecule has 1 amide bonds. The number of para-hydroxylation sites is 2. The Bertz CT molecular complexity index is 950. The molecule has 0 fully saturated rings. The summed E-state index contributed by atoms with van der Waals surface area (Å²) in [6.07, 6.45) is 4.88. The first-order chi connectivity index (χ1) is 14.2. The number of hydrogen-bond donors (Lipinski definition) is 1. The van der Waals surface area contributed by atoms with E-state index in [2.05, 4.69) is 22.5 Å². The maximum atomic E-state index is 11.3. The van der Waals surface area contributed by atoms with E-state index in [1.807, 2.05) is 42.5 Å². The maximum absolute atomic E-state index is 11.3. The fourth-order valence-electron chi connectivity index (χ4n) is 3.19. The van der Waals surface area contributed by atoms with E-state index < -0.39 is 0 Å². The summed E-state index contributed by atoms with van der Waals surface area (Å²) in [6, 6.07) is 15.6. The molecule has 152 valence electrons. The zero-order valence-corrected chi connectivity index (χ0v) is 17.2. The monoisotopic (exact) mass is 411 g/mol. The number of benzene rings is 2. The van der Waals surface area contributed by atoms with Crippen LogP contribution < -0.4 is 10.1 Å². The normalized spacial score (nSPS) is 10.8. The van der Waals surface area contributed by atoms with Crippen molar-refractivity contribution in [3.05, 3.63) is 72.0 Å². The van der Waals surface area contributed by atoms with Crippen LogP contribution in [0.2, 0.25) is 5.02 Å². The molecule has 0 spiro atoms. The molecule has 0 aliphatic carbocycles. The summed E-state index contributed by atoms with van der Waals surface area (Å²) in [6.45, 7) is 5.63. The molecule has 0 unspecified atom stereocenters. The highest BCUT2D eigenvalue weighted by Crippen LogP contribution is 2.19. The molecule has 6 heteroatoms. The molecule has 0 aliphatic rings. The number of carbonyl (C=O) groups excluding carboxylic acids is 1. The molecule has 0 saturated carbocycles. The highest BCUT2D eigenvalue weighted by atomic mass is 35.5. The fraction of sp³-hybridized carbons (Fsp3) is 0.304. The van der Waals surface area contributed by atoms with Gasteiger partial charge in [0.15, 0.2) is 0 Å². The van der Waals surface area contributed by atoms with Gasteiger partial charge >= 0.3 is 0 Å². The van der Waals surface area contributed by atoms with Crippen molar-refractivity contribution in [2.24, 2.45) is 0 Å². The number of halogens is 1. The van der Waals surface area contributed by atoms with Gasteiger partial charge in [-0.05, 0) is 61.7 Å². The third-order valence-corrected chi connectivity index (χ3v) is 4.91. The first kappa shape index (κ1) is 20.9. The molecule has 1 heterocycles. The van der Waals surface area contributed by atoms with E-state index in [-0.39, 0.29) is 5.91 Å². The quantitative estimate of drug-likeness (QED) is 0.364. The standard InChI is InChI=1S/C23H26ClN3O2/c1-2-23(28)25-15-7-10-22-26-20-8-3-4-9-21(20)27(22)16-5-6-17-29-19-13-11-18(24)12-14-19/h2-4,8-9,11-14H,1,5-7,10,15-17H2,(H,25,28). The molecule has 1 N–H and O–H groups in total. The highest BCUT2D eigenvalue weighted by Gasteiger charge is 2.10. The van der Waals surface area contributed by atoms with Crippen LogP contribution >= 0.6 is 11.6 Å². The molecule has 0 radical (unpaired) electrons. The van der Waals surface area contributed by atoms with Crippen LogP contribution in [0.5, 0.6) is 5.75 Å². The number of fused-ring (bicyclic) bond motifs is 1. The van der Waals surface area contributed by atoms with E-state index in [1.54, 1.807) is 0 Å². The Kier molecular flexibility index (Phi) is 7.70. The smallest absolute Gasteiger partial charge is 0.243 e. The highest BCUT2D eigenvalue weighted by molar-refractivity contribution is 6.30. The zero-order valence-electron chi connectivity index (χ0n) is 16.4. The van der Waals surface area contributed by atoms with E-state index in [9.17, 15) is 4.79 Å². The Balaban J connectivity index is 1.53. The Labute approximate surface area is 176 Å². The van der Waals surface area contributed by atoms with Crippen LogP contribution in [-0.2, 0) is 17.8 Å². The van der Waals surface area contributed by atoms with Crippen molar-refractivity contribution in [2.75, 3.05) is 13.2 Å². The Morgan fingerprint density at radius 1 is 1.14 bits per heavy atom. The molecule has 2 aromatic carbocycles. The average Bonchev–Trinajstić information content (AvgIpc) is 3.09. The van der Waals surface area contributed by atoms with Crippen LogP contribution in [0.3, 0.4) is 0 Å². The van der Waals surface area contributed by atoms with Gasteiger partial charge in [0.2, 0.25) is 5.91 Å². The maximum Gasteiger partial charge on any atom is 0.243 e. The SMILES string of the molecule is C=CC(=O)NCCCc1nc2ccccc2n1CCCCOc1ccc(Cl)cc1. The number of amides is 1. The predicted octanol–water partition coefficient (Wildman–Crippen LogP) is 4.78. The van der Waals surface area contributed by atoms with Crippen LogP contribution in [-0.4, -0.2) is 28.6 Å². The number of ether oxygens (including phenoxy) is 1. The van der Waals surface area contributed by atoms with Crippen LogP contribution in [0.1, 0.15) is 25.1 Å².